The van der Waals surface area contributed by atoms with E-state index in [0.29, 0.717) is 12.2 Å². The maximum absolute atomic E-state index is 14.2. The largest absolute Gasteiger partial charge is 0.461 e. The van der Waals surface area contributed by atoms with Gasteiger partial charge in [0.2, 0.25) is 0 Å². The number of hydrogen-bond acceptors (Lipinski definition) is 3. The molecular formula is C45H25BF24N2O2. The summed E-state index contributed by atoms with van der Waals surface area (Å²) in [6, 6.07) is 1.10. The van der Waals surface area contributed by atoms with E-state index in [9.17, 15) is 110 Å². The predicted octanol–water partition coefficient (Wildman–Crippen LogP) is 12.4. The number of carbonyl (C=O) groups is 1. The fourth-order valence-corrected chi connectivity index (χ4v) is 7.65. The molecule has 0 unspecified atom stereocenters. The molecule has 6 rings (SSSR count). The van der Waals surface area contributed by atoms with Crippen molar-refractivity contribution in [3.05, 3.63) is 177 Å². The third-order valence-corrected chi connectivity index (χ3v) is 10.9. The highest BCUT2D eigenvalue weighted by Gasteiger charge is 2.47. The van der Waals surface area contributed by atoms with Crippen LogP contribution in [0.15, 0.2) is 122 Å². The first kappa shape index (κ1) is 57.9. The van der Waals surface area contributed by atoms with E-state index in [1.54, 1.807) is 12.4 Å². The van der Waals surface area contributed by atoms with Gasteiger partial charge in [-0.15, -0.1) is 0 Å². The van der Waals surface area contributed by atoms with Gasteiger partial charge in [-0.25, -0.2) is 4.79 Å². The number of aromatic nitrogens is 2. The standard InChI is InChI=1S/C32H12BF24.C13H13N2O2/c34-25(35,36)13-1-14(26(37,38)39)6-21(5-13)33(22-7-15(27(40,41)42)2-16(8-22)28(43,44)45,23-9-17(29(46,47)48)3-18(10-23)30(49,50)51)24-11-19(31(52,53)54)4-20(12-24)32(55,56)57;1-17-13(16)12-9-14-7-8-15(12)10-11-5-3-2-4-6-11/h1-12H;2-9H,10H2,1H3/q-1;+1. The quantitative estimate of drug-likeness (QED) is 0.0692. The van der Waals surface area contributed by atoms with Crippen LogP contribution >= 0.6 is 0 Å². The number of benzene rings is 5. The van der Waals surface area contributed by atoms with Crippen LogP contribution in [-0.4, -0.2) is 24.2 Å². The number of rotatable bonds is 7. The van der Waals surface area contributed by atoms with Gasteiger partial charge < -0.3 is 4.74 Å². The molecule has 0 N–H and O–H groups in total. The lowest BCUT2D eigenvalue weighted by Gasteiger charge is -2.46. The molecule has 0 aliphatic rings. The first-order chi connectivity index (χ1) is 33.6. The Morgan fingerprint density at radius 3 is 0.919 bits per heavy atom. The molecule has 0 saturated heterocycles. The number of ether oxygens (including phenoxy) is 1. The van der Waals surface area contributed by atoms with Gasteiger partial charge >= 0.3 is 61.1 Å². The van der Waals surface area contributed by atoms with Crippen LogP contribution in [0.1, 0.15) is 60.6 Å². The highest BCUT2D eigenvalue weighted by Crippen LogP contribution is 2.41. The van der Waals surface area contributed by atoms with E-state index in [4.69, 9.17) is 4.74 Å². The SMILES string of the molecule is COC(=O)c1cncc[n+]1Cc1ccccc1.FC(F)(F)c1cc([B-](c2cc(C(F)(F)F)cc(C(F)(F)F)c2)(c2cc(C(F)(F)F)cc(C(F)(F)F)c2)c2cc(C(F)(F)F)cc(C(F)(F)F)c2)cc(C(F)(F)F)c1. The van der Waals surface area contributed by atoms with Gasteiger partial charge in [0.25, 0.3) is 0 Å². The smallest absolute Gasteiger partial charge is 0.416 e. The zero-order valence-electron chi connectivity index (χ0n) is 36.1. The van der Waals surface area contributed by atoms with Gasteiger partial charge in [-0.05, 0) is 24.3 Å². The van der Waals surface area contributed by atoms with E-state index >= 15 is 0 Å². The highest BCUT2D eigenvalue weighted by molar-refractivity contribution is 7.20. The molecule has 0 fully saturated rings. The minimum absolute atomic E-state index is 0.381. The van der Waals surface area contributed by atoms with Gasteiger partial charge in [0, 0.05) is 5.56 Å². The van der Waals surface area contributed by atoms with Crippen molar-refractivity contribution in [2.24, 2.45) is 0 Å². The van der Waals surface area contributed by atoms with Crippen molar-refractivity contribution >= 4 is 34.0 Å². The van der Waals surface area contributed by atoms with Crippen LogP contribution in [0, 0.1) is 0 Å². The lowest BCUT2D eigenvalue weighted by molar-refractivity contribution is -0.691. The van der Waals surface area contributed by atoms with Crippen molar-refractivity contribution in [2.75, 3.05) is 7.11 Å². The van der Waals surface area contributed by atoms with Gasteiger partial charge in [-0.2, -0.15) is 132 Å². The fraction of sp³-hybridized carbons (Fsp3) is 0.222. The van der Waals surface area contributed by atoms with Crippen molar-refractivity contribution in [1.82, 2.24) is 4.98 Å². The lowest BCUT2D eigenvalue weighted by atomic mass is 9.12. The van der Waals surface area contributed by atoms with E-state index in [-0.39, 0.29) is 5.97 Å². The summed E-state index contributed by atoms with van der Waals surface area (Å²) in [7, 11) is 1.36. The van der Waals surface area contributed by atoms with Gasteiger partial charge in [0.15, 0.2) is 12.7 Å². The Morgan fingerprint density at radius 2 is 0.689 bits per heavy atom. The second-order valence-electron chi connectivity index (χ2n) is 15.8. The molecule has 0 aliphatic carbocycles. The van der Waals surface area contributed by atoms with Crippen LogP contribution < -0.4 is 26.4 Å². The van der Waals surface area contributed by atoms with Gasteiger partial charge in [0.1, 0.15) is 12.3 Å². The molecular weight excluding hydrogens is 1070 g/mol. The normalized spacial score (nSPS) is 13.3. The Morgan fingerprint density at radius 1 is 0.432 bits per heavy atom. The molecule has 0 amide bonds. The summed E-state index contributed by atoms with van der Waals surface area (Å²) in [6.45, 7) is 0.619. The van der Waals surface area contributed by atoms with Gasteiger partial charge in [0.05, 0.1) is 57.8 Å². The van der Waals surface area contributed by atoms with Crippen molar-refractivity contribution in [2.45, 2.75) is 56.0 Å². The molecule has 5 aromatic carbocycles. The van der Waals surface area contributed by atoms with Gasteiger partial charge in [-0.3, -0.25) is 4.98 Å². The third kappa shape index (κ3) is 13.2. The third-order valence-electron chi connectivity index (χ3n) is 10.9. The number of hydrogen-bond donors (Lipinski definition) is 0. The van der Waals surface area contributed by atoms with E-state index in [1.807, 2.05) is 34.9 Å². The first-order valence-corrected chi connectivity index (χ1v) is 19.9. The first-order valence-electron chi connectivity index (χ1n) is 19.9. The van der Waals surface area contributed by atoms with Crippen LogP contribution in [0.2, 0.25) is 0 Å². The topological polar surface area (TPSA) is 43.1 Å². The minimum Gasteiger partial charge on any atom is -0.461 e. The van der Waals surface area contributed by atoms with E-state index in [1.165, 1.54) is 13.3 Å². The molecule has 4 nitrogen and oxygen atoms in total. The Hall–Kier alpha value is -6.97. The molecule has 398 valence electrons. The maximum atomic E-state index is 14.2. The van der Waals surface area contributed by atoms with Crippen LogP contribution in [0.5, 0.6) is 0 Å². The summed E-state index contributed by atoms with van der Waals surface area (Å²) in [4.78, 5) is 15.5. The van der Waals surface area contributed by atoms with Crippen LogP contribution in [0.3, 0.4) is 0 Å². The summed E-state index contributed by atoms with van der Waals surface area (Å²) in [6.07, 6.45) is -49.9. The molecule has 29 heteroatoms. The molecule has 1 aromatic heterocycles. The average molecular weight is 1090 g/mol. The molecule has 0 saturated carbocycles. The molecule has 0 aliphatic heterocycles. The summed E-state index contributed by atoms with van der Waals surface area (Å²) >= 11 is 0. The Bertz CT molecular complexity index is 2550. The second-order valence-corrected chi connectivity index (χ2v) is 15.8. The molecule has 74 heavy (non-hydrogen) atoms. The van der Waals surface area contributed by atoms with Crippen LogP contribution in [0.4, 0.5) is 105 Å². The average Bonchev–Trinajstić information content (AvgIpc) is 3.27. The molecule has 0 radical (unpaired) electrons. The zero-order valence-corrected chi connectivity index (χ0v) is 36.1. The van der Waals surface area contributed by atoms with Crippen molar-refractivity contribution in [3.63, 3.8) is 0 Å². The minimum atomic E-state index is -6.13. The predicted molar refractivity (Wildman–Crippen MR) is 211 cm³/mol. The van der Waals surface area contributed by atoms with Crippen molar-refractivity contribution in [1.29, 1.82) is 0 Å². The van der Waals surface area contributed by atoms with Crippen LogP contribution in [-0.2, 0) is 60.7 Å². The summed E-state index contributed by atoms with van der Waals surface area (Å²) in [5.74, 6) is -0.381. The van der Waals surface area contributed by atoms with E-state index < -0.39 is 195 Å². The number of esters is 1. The fourth-order valence-electron chi connectivity index (χ4n) is 7.65. The number of halogens is 24. The Balaban J connectivity index is 0.000000500. The summed E-state index contributed by atoms with van der Waals surface area (Å²) < 4.78 is 347. The van der Waals surface area contributed by atoms with E-state index in [2.05, 4.69) is 4.98 Å². The molecule has 0 atom stereocenters. The van der Waals surface area contributed by atoms with Gasteiger partial charge in [-0.1, -0.05) is 78.9 Å². The van der Waals surface area contributed by atoms with E-state index in [0.717, 1.165) is 5.56 Å². The lowest BCUT2D eigenvalue weighted by Crippen LogP contribution is -2.75. The number of nitrogens with zero attached hydrogens (tertiary/aromatic N) is 2. The molecule has 0 spiro atoms. The molecule has 6 aromatic rings. The highest BCUT2D eigenvalue weighted by atomic mass is 19.4. The Labute approximate surface area is 398 Å². The summed E-state index contributed by atoms with van der Waals surface area (Å²) in [5, 5.41) is 0. The summed E-state index contributed by atoms with van der Waals surface area (Å²) in [5.41, 5.74) is -28.6. The Kier molecular flexibility index (Phi) is 15.7. The van der Waals surface area contributed by atoms with Crippen molar-refractivity contribution < 1.29 is 119 Å². The number of carbonyl (C=O) groups excluding carboxylic acids is 1. The number of methoxy groups -OCH3 is 1. The molecule has 0 bridgehead atoms. The zero-order chi connectivity index (χ0) is 56.0. The monoisotopic (exact) mass is 1090 g/mol. The second kappa shape index (κ2) is 20.0. The van der Waals surface area contributed by atoms with Crippen LogP contribution in [0.25, 0.3) is 0 Å². The number of alkyl halides is 24. The molecule has 1 heterocycles. The van der Waals surface area contributed by atoms with Crippen molar-refractivity contribution in [3.8, 4) is 0 Å². The maximum Gasteiger partial charge on any atom is 0.416 e.